The van der Waals surface area contributed by atoms with Crippen LogP contribution in [0.5, 0.6) is 0 Å². The van der Waals surface area contributed by atoms with Crippen LogP contribution in [0, 0.1) is 5.82 Å². The normalized spacial score (nSPS) is 16.0. The molecule has 0 radical (unpaired) electrons. The number of piperidine rings is 1. The Labute approximate surface area is 168 Å². The van der Waals surface area contributed by atoms with Crippen molar-refractivity contribution >= 4 is 5.91 Å². The van der Waals surface area contributed by atoms with Gasteiger partial charge in [0, 0.05) is 44.5 Å². The monoisotopic (exact) mass is 394 g/mol. The fourth-order valence-electron chi connectivity index (χ4n) is 3.87. The molecule has 0 atom stereocenters. The van der Waals surface area contributed by atoms with Crippen LogP contribution in [0.1, 0.15) is 28.9 Å². The van der Waals surface area contributed by atoms with E-state index in [1.54, 1.807) is 47.4 Å². The minimum atomic E-state index is -0.894. The predicted molar refractivity (Wildman–Crippen MR) is 107 cm³/mol. The Morgan fingerprint density at radius 1 is 1.14 bits per heavy atom. The van der Waals surface area contributed by atoms with E-state index in [0.717, 1.165) is 16.7 Å². The number of benzene rings is 1. The maximum atomic E-state index is 13.2. The molecule has 0 spiro atoms. The fourth-order valence-corrected chi connectivity index (χ4v) is 3.87. The first-order valence-corrected chi connectivity index (χ1v) is 9.64. The third-order valence-electron chi connectivity index (χ3n) is 5.56. The molecule has 1 fully saturated rings. The molecule has 0 aliphatic carbocycles. The van der Waals surface area contributed by atoms with Gasteiger partial charge in [0.15, 0.2) is 0 Å². The van der Waals surface area contributed by atoms with Gasteiger partial charge in [-0.2, -0.15) is 5.10 Å². The second-order valence-electron chi connectivity index (χ2n) is 7.59. The lowest BCUT2D eigenvalue weighted by Crippen LogP contribution is -2.48. The molecule has 1 aliphatic heterocycles. The molecule has 2 aromatic heterocycles. The summed E-state index contributed by atoms with van der Waals surface area (Å²) in [7, 11) is 1.76. The molecule has 3 heterocycles. The number of nitrogens with zero attached hydrogens (tertiary/aromatic N) is 4. The minimum absolute atomic E-state index is 0.0966. The lowest BCUT2D eigenvalue weighted by molar-refractivity contribution is -0.0164. The van der Waals surface area contributed by atoms with Crippen molar-refractivity contribution in [3.05, 3.63) is 72.1 Å². The maximum Gasteiger partial charge on any atom is 0.272 e. The summed E-state index contributed by atoms with van der Waals surface area (Å²) >= 11 is 0. The highest BCUT2D eigenvalue weighted by Crippen LogP contribution is 2.29. The number of aromatic nitrogens is 3. The van der Waals surface area contributed by atoms with Gasteiger partial charge in [0.2, 0.25) is 0 Å². The number of aliphatic hydroxyl groups is 1. The minimum Gasteiger partial charge on any atom is -0.389 e. The number of hydrogen-bond donors (Lipinski definition) is 1. The Bertz CT molecular complexity index is 993. The van der Waals surface area contributed by atoms with Gasteiger partial charge in [-0.05, 0) is 48.2 Å². The van der Waals surface area contributed by atoms with Crippen molar-refractivity contribution in [2.45, 2.75) is 24.9 Å². The molecule has 0 bridgehead atoms. The molecule has 1 saturated heterocycles. The summed E-state index contributed by atoms with van der Waals surface area (Å²) in [5.41, 5.74) is 2.18. The van der Waals surface area contributed by atoms with E-state index in [1.165, 1.54) is 12.1 Å². The summed E-state index contributed by atoms with van der Waals surface area (Å²) in [6, 6.07) is 9.90. The second-order valence-corrected chi connectivity index (χ2v) is 7.59. The highest BCUT2D eigenvalue weighted by atomic mass is 19.1. The van der Waals surface area contributed by atoms with E-state index in [4.69, 9.17) is 0 Å². The number of carbonyl (C=O) groups excluding carboxylic acids is 1. The van der Waals surface area contributed by atoms with Crippen LogP contribution in [-0.4, -0.2) is 49.4 Å². The highest BCUT2D eigenvalue weighted by molar-refractivity contribution is 5.99. The zero-order valence-electron chi connectivity index (χ0n) is 16.3. The number of carbonyl (C=O) groups is 1. The maximum absolute atomic E-state index is 13.2. The van der Waals surface area contributed by atoms with E-state index in [1.807, 2.05) is 12.1 Å². The molecule has 150 valence electrons. The first-order valence-electron chi connectivity index (χ1n) is 9.64. The molecule has 7 heteroatoms. The van der Waals surface area contributed by atoms with Gasteiger partial charge in [-0.3, -0.25) is 14.5 Å². The van der Waals surface area contributed by atoms with Gasteiger partial charge < -0.3 is 10.0 Å². The Morgan fingerprint density at radius 3 is 2.45 bits per heavy atom. The van der Waals surface area contributed by atoms with Crippen molar-refractivity contribution in [3.63, 3.8) is 0 Å². The summed E-state index contributed by atoms with van der Waals surface area (Å²) in [4.78, 5) is 19.0. The average molecular weight is 394 g/mol. The van der Waals surface area contributed by atoms with Crippen LogP contribution in [0.2, 0.25) is 0 Å². The van der Waals surface area contributed by atoms with Crippen molar-refractivity contribution < 1.29 is 14.3 Å². The van der Waals surface area contributed by atoms with Crippen LogP contribution in [0.25, 0.3) is 11.1 Å². The molecule has 29 heavy (non-hydrogen) atoms. The van der Waals surface area contributed by atoms with Gasteiger partial charge in [-0.25, -0.2) is 4.39 Å². The van der Waals surface area contributed by atoms with E-state index in [-0.39, 0.29) is 11.7 Å². The SMILES string of the molecule is Cn1ncc(-c2ccncc2)c1C(=O)N1CCC(O)(Cc2ccc(F)cc2)CC1. The van der Waals surface area contributed by atoms with E-state index in [0.29, 0.717) is 38.0 Å². The Hall–Kier alpha value is -3.06. The third-order valence-corrected chi connectivity index (χ3v) is 5.56. The molecular formula is C22H23FN4O2. The van der Waals surface area contributed by atoms with Crippen molar-refractivity contribution in [1.29, 1.82) is 0 Å². The number of likely N-dealkylation sites (tertiary alicyclic amines) is 1. The number of pyridine rings is 1. The van der Waals surface area contributed by atoms with E-state index < -0.39 is 5.60 Å². The van der Waals surface area contributed by atoms with Crippen molar-refractivity contribution in [1.82, 2.24) is 19.7 Å². The van der Waals surface area contributed by atoms with Gasteiger partial charge in [0.25, 0.3) is 5.91 Å². The van der Waals surface area contributed by atoms with Crippen LogP contribution >= 0.6 is 0 Å². The van der Waals surface area contributed by atoms with Gasteiger partial charge in [0.05, 0.1) is 11.8 Å². The highest BCUT2D eigenvalue weighted by Gasteiger charge is 2.35. The quantitative estimate of drug-likeness (QED) is 0.739. The zero-order valence-corrected chi connectivity index (χ0v) is 16.3. The van der Waals surface area contributed by atoms with Crippen molar-refractivity contribution in [2.75, 3.05) is 13.1 Å². The lowest BCUT2D eigenvalue weighted by Gasteiger charge is -2.38. The van der Waals surface area contributed by atoms with Crippen LogP contribution in [0.4, 0.5) is 4.39 Å². The number of rotatable bonds is 4. The van der Waals surface area contributed by atoms with E-state index in [9.17, 15) is 14.3 Å². The van der Waals surface area contributed by atoms with Crippen molar-refractivity contribution in [2.24, 2.45) is 7.05 Å². The predicted octanol–water partition coefficient (Wildman–Crippen LogP) is 2.83. The Morgan fingerprint density at radius 2 is 1.79 bits per heavy atom. The van der Waals surface area contributed by atoms with E-state index >= 15 is 0 Å². The van der Waals surface area contributed by atoms with Gasteiger partial charge in [-0.1, -0.05) is 12.1 Å². The summed E-state index contributed by atoms with van der Waals surface area (Å²) in [6.45, 7) is 0.912. The molecule has 1 amide bonds. The smallest absolute Gasteiger partial charge is 0.272 e. The van der Waals surface area contributed by atoms with Crippen LogP contribution < -0.4 is 0 Å². The first kappa shape index (κ1) is 19.3. The van der Waals surface area contributed by atoms with E-state index in [2.05, 4.69) is 10.1 Å². The van der Waals surface area contributed by atoms with Crippen LogP contribution in [0.3, 0.4) is 0 Å². The van der Waals surface area contributed by atoms with Crippen LogP contribution in [-0.2, 0) is 13.5 Å². The molecule has 1 aliphatic rings. The van der Waals surface area contributed by atoms with Gasteiger partial charge in [0.1, 0.15) is 11.5 Å². The first-order chi connectivity index (χ1) is 14.0. The number of aryl methyl sites for hydroxylation is 1. The molecule has 0 saturated carbocycles. The van der Waals surface area contributed by atoms with Crippen molar-refractivity contribution in [3.8, 4) is 11.1 Å². The molecular weight excluding hydrogens is 371 g/mol. The molecule has 3 aromatic rings. The third kappa shape index (κ3) is 4.05. The lowest BCUT2D eigenvalue weighted by atomic mass is 9.85. The standard InChI is InChI=1S/C22H23FN4O2/c1-26-20(19(15-25-26)17-6-10-24-11-7-17)21(28)27-12-8-22(29,9-13-27)14-16-2-4-18(23)5-3-16/h2-7,10-11,15,29H,8-9,12-14H2,1H3. The zero-order chi connectivity index (χ0) is 20.4. The molecule has 0 unspecified atom stereocenters. The molecule has 6 nitrogen and oxygen atoms in total. The summed E-state index contributed by atoms with van der Waals surface area (Å²) in [6.07, 6.45) is 6.46. The largest absolute Gasteiger partial charge is 0.389 e. The topological polar surface area (TPSA) is 71.2 Å². The number of hydrogen-bond acceptors (Lipinski definition) is 4. The summed E-state index contributed by atoms with van der Waals surface area (Å²) in [5, 5.41) is 15.2. The molecule has 1 aromatic carbocycles. The molecule has 1 N–H and O–H groups in total. The Balaban J connectivity index is 1.47. The molecule has 4 rings (SSSR count). The van der Waals surface area contributed by atoms with Gasteiger partial charge in [-0.15, -0.1) is 0 Å². The fraction of sp³-hybridized carbons (Fsp3) is 0.318. The number of amides is 1. The number of halogens is 1. The second kappa shape index (κ2) is 7.75. The Kier molecular flexibility index (Phi) is 5.15. The summed E-state index contributed by atoms with van der Waals surface area (Å²) in [5.74, 6) is -0.386. The average Bonchev–Trinajstić information content (AvgIpc) is 3.12. The van der Waals surface area contributed by atoms with Gasteiger partial charge >= 0.3 is 0 Å². The summed E-state index contributed by atoms with van der Waals surface area (Å²) < 4.78 is 14.7. The van der Waals surface area contributed by atoms with Crippen LogP contribution in [0.15, 0.2) is 55.0 Å².